The highest BCUT2D eigenvalue weighted by Crippen LogP contribution is 2.37. The van der Waals surface area contributed by atoms with Gasteiger partial charge in [0.25, 0.3) is 0 Å². The van der Waals surface area contributed by atoms with Crippen LogP contribution in [0, 0.1) is 0 Å². The molecule has 0 fully saturated rings. The van der Waals surface area contributed by atoms with Crippen LogP contribution >= 0.6 is 15.9 Å². The third kappa shape index (κ3) is 3.06. The number of anilines is 2. The zero-order valence-corrected chi connectivity index (χ0v) is 13.7. The Morgan fingerprint density at radius 1 is 1.24 bits per heavy atom. The van der Waals surface area contributed by atoms with Gasteiger partial charge in [0.05, 0.1) is 12.3 Å². The largest absolute Gasteiger partial charge is 0.491 e. The molecule has 0 amide bonds. The summed E-state index contributed by atoms with van der Waals surface area (Å²) in [5, 5.41) is 3.19. The second-order valence-corrected chi connectivity index (χ2v) is 5.98. The van der Waals surface area contributed by atoms with Crippen LogP contribution in [0.3, 0.4) is 0 Å². The number of halogens is 1. The molecule has 0 bridgehead atoms. The second kappa shape index (κ2) is 6.50. The normalized spacial score (nSPS) is 14.3. The van der Waals surface area contributed by atoms with Crippen molar-refractivity contribution in [2.45, 2.75) is 13.0 Å². The molecule has 3 nitrogen and oxygen atoms in total. The maximum absolute atomic E-state index is 5.83. The molecule has 0 atom stereocenters. The van der Waals surface area contributed by atoms with E-state index in [1.165, 1.54) is 11.3 Å². The molecule has 3 rings (SSSR count). The van der Waals surface area contributed by atoms with Crippen molar-refractivity contribution >= 4 is 27.3 Å². The Bertz CT molecular complexity index is 630. The summed E-state index contributed by atoms with van der Waals surface area (Å²) in [5.41, 5.74) is 3.60. The lowest BCUT2D eigenvalue weighted by Gasteiger charge is -2.24. The van der Waals surface area contributed by atoms with Gasteiger partial charge in [0, 0.05) is 23.2 Å². The Balaban J connectivity index is 1.98. The predicted octanol–water partition coefficient (Wildman–Crippen LogP) is 4.09. The Kier molecular flexibility index (Phi) is 4.46. The molecule has 0 saturated heterocycles. The highest BCUT2D eigenvalue weighted by molar-refractivity contribution is 9.10. The van der Waals surface area contributed by atoms with Crippen molar-refractivity contribution in [1.82, 2.24) is 5.32 Å². The van der Waals surface area contributed by atoms with E-state index < -0.39 is 0 Å². The molecule has 0 aliphatic carbocycles. The van der Waals surface area contributed by atoms with Gasteiger partial charge in [0.1, 0.15) is 5.75 Å². The number of ether oxygens (including phenoxy) is 1. The molecule has 21 heavy (non-hydrogen) atoms. The van der Waals surface area contributed by atoms with E-state index in [1.54, 1.807) is 0 Å². The van der Waals surface area contributed by atoms with Crippen LogP contribution in [-0.2, 0) is 6.54 Å². The zero-order chi connectivity index (χ0) is 14.7. The van der Waals surface area contributed by atoms with Crippen LogP contribution in [0.15, 0.2) is 46.9 Å². The number of nitrogens with one attached hydrogen (secondary N) is 1. The van der Waals surface area contributed by atoms with Crippen molar-refractivity contribution in [3.8, 4) is 5.75 Å². The van der Waals surface area contributed by atoms with Crippen LogP contribution in [0.25, 0.3) is 0 Å². The molecular weight excluding hydrogens is 328 g/mol. The first kappa shape index (κ1) is 14.4. The molecule has 110 valence electrons. The molecule has 0 unspecified atom stereocenters. The number of nitrogens with zero attached hydrogens (tertiary/aromatic N) is 1. The first-order chi connectivity index (χ1) is 10.3. The number of rotatable bonds is 3. The summed E-state index contributed by atoms with van der Waals surface area (Å²) in [6.45, 7) is 2.60. The van der Waals surface area contributed by atoms with Gasteiger partial charge in [0.15, 0.2) is 0 Å². The predicted molar refractivity (Wildman–Crippen MR) is 90.5 cm³/mol. The van der Waals surface area contributed by atoms with Crippen LogP contribution < -0.4 is 15.0 Å². The minimum Gasteiger partial charge on any atom is -0.491 e. The summed E-state index contributed by atoms with van der Waals surface area (Å²) < 4.78 is 6.97. The van der Waals surface area contributed by atoms with Crippen molar-refractivity contribution < 1.29 is 4.74 Å². The van der Waals surface area contributed by atoms with Crippen LogP contribution in [0.2, 0.25) is 0 Å². The van der Waals surface area contributed by atoms with Gasteiger partial charge in [-0.3, -0.25) is 0 Å². The molecule has 2 aromatic rings. The average Bonchev–Trinajstić information content (AvgIpc) is 2.72. The lowest BCUT2D eigenvalue weighted by Crippen LogP contribution is -2.17. The minimum absolute atomic E-state index is 0.770. The smallest absolute Gasteiger partial charge is 0.142 e. The third-order valence-corrected chi connectivity index (χ3v) is 4.39. The first-order valence-electron chi connectivity index (χ1n) is 7.22. The molecule has 0 radical (unpaired) electrons. The van der Waals surface area contributed by atoms with E-state index in [2.05, 4.69) is 56.5 Å². The monoisotopic (exact) mass is 346 g/mol. The Morgan fingerprint density at radius 2 is 2.10 bits per heavy atom. The summed E-state index contributed by atoms with van der Waals surface area (Å²) >= 11 is 3.68. The molecule has 1 aliphatic rings. The van der Waals surface area contributed by atoms with E-state index in [-0.39, 0.29) is 0 Å². The third-order valence-electron chi connectivity index (χ3n) is 3.66. The van der Waals surface area contributed by atoms with Crippen LogP contribution in [-0.4, -0.2) is 20.2 Å². The summed E-state index contributed by atoms with van der Waals surface area (Å²) in [6, 6.07) is 14.8. The topological polar surface area (TPSA) is 24.5 Å². The lowest BCUT2D eigenvalue weighted by molar-refractivity contribution is 0.322. The number of para-hydroxylation sites is 2. The van der Waals surface area contributed by atoms with E-state index in [9.17, 15) is 0 Å². The Labute approximate surface area is 134 Å². The fourth-order valence-electron chi connectivity index (χ4n) is 2.63. The molecular formula is C17H19BrN2O. The van der Waals surface area contributed by atoms with Gasteiger partial charge in [-0.2, -0.15) is 0 Å². The summed E-state index contributed by atoms with van der Waals surface area (Å²) in [5.74, 6) is 0.963. The highest BCUT2D eigenvalue weighted by atomic mass is 79.9. The van der Waals surface area contributed by atoms with E-state index >= 15 is 0 Å². The van der Waals surface area contributed by atoms with Gasteiger partial charge in [-0.05, 0) is 43.3 Å². The standard InChI is InChI=1S/C17H19BrN2O/c1-19-12-13-7-8-14(11-15(13)18)20-9-4-10-21-17-6-3-2-5-16(17)20/h2-3,5-8,11,19H,4,9-10,12H2,1H3. The van der Waals surface area contributed by atoms with Crippen molar-refractivity contribution in [3.63, 3.8) is 0 Å². The van der Waals surface area contributed by atoms with Crippen molar-refractivity contribution in [3.05, 3.63) is 52.5 Å². The fourth-order valence-corrected chi connectivity index (χ4v) is 3.14. The molecule has 2 aromatic carbocycles. The van der Waals surface area contributed by atoms with Gasteiger partial charge in [-0.15, -0.1) is 0 Å². The molecule has 1 N–H and O–H groups in total. The van der Waals surface area contributed by atoms with Gasteiger partial charge < -0.3 is 15.0 Å². The number of benzene rings is 2. The maximum Gasteiger partial charge on any atom is 0.142 e. The highest BCUT2D eigenvalue weighted by Gasteiger charge is 2.17. The summed E-state index contributed by atoms with van der Waals surface area (Å²) in [4.78, 5) is 2.33. The van der Waals surface area contributed by atoms with Gasteiger partial charge in [-0.1, -0.05) is 34.1 Å². The average molecular weight is 347 g/mol. The van der Waals surface area contributed by atoms with Crippen molar-refractivity contribution in [2.75, 3.05) is 25.1 Å². The molecule has 4 heteroatoms. The summed E-state index contributed by atoms with van der Waals surface area (Å²) in [7, 11) is 1.96. The number of hydrogen-bond acceptors (Lipinski definition) is 3. The SMILES string of the molecule is CNCc1ccc(N2CCCOc3ccccc32)cc1Br. The van der Waals surface area contributed by atoms with Crippen molar-refractivity contribution in [2.24, 2.45) is 0 Å². The zero-order valence-electron chi connectivity index (χ0n) is 12.1. The maximum atomic E-state index is 5.83. The molecule has 1 heterocycles. The molecule has 0 aromatic heterocycles. The van der Waals surface area contributed by atoms with Gasteiger partial charge in [0.2, 0.25) is 0 Å². The molecule has 0 spiro atoms. The summed E-state index contributed by atoms with van der Waals surface area (Å²) in [6.07, 6.45) is 1.02. The first-order valence-corrected chi connectivity index (χ1v) is 8.01. The van der Waals surface area contributed by atoms with Crippen LogP contribution in [0.4, 0.5) is 11.4 Å². The second-order valence-electron chi connectivity index (χ2n) is 5.13. The van der Waals surface area contributed by atoms with Crippen molar-refractivity contribution in [1.29, 1.82) is 0 Å². The van der Waals surface area contributed by atoms with E-state index in [1.807, 2.05) is 19.2 Å². The lowest BCUT2D eigenvalue weighted by atomic mass is 10.1. The quantitative estimate of drug-likeness (QED) is 0.905. The van der Waals surface area contributed by atoms with Gasteiger partial charge >= 0.3 is 0 Å². The van der Waals surface area contributed by atoms with Crippen LogP contribution in [0.1, 0.15) is 12.0 Å². The van der Waals surface area contributed by atoms with E-state index in [0.717, 1.165) is 42.0 Å². The number of fused-ring (bicyclic) bond motifs is 1. The minimum atomic E-state index is 0.770. The Hall–Kier alpha value is -1.52. The Morgan fingerprint density at radius 3 is 2.90 bits per heavy atom. The van der Waals surface area contributed by atoms with Gasteiger partial charge in [-0.25, -0.2) is 0 Å². The van der Waals surface area contributed by atoms with Crippen LogP contribution in [0.5, 0.6) is 5.75 Å². The number of hydrogen-bond donors (Lipinski definition) is 1. The fraction of sp³-hybridized carbons (Fsp3) is 0.294. The van der Waals surface area contributed by atoms with E-state index in [4.69, 9.17) is 4.74 Å². The van der Waals surface area contributed by atoms with E-state index in [0.29, 0.717) is 0 Å². The molecule has 0 saturated carbocycles. The molecule has 1 aliphatic heterocycles.